The van der Waals surface area contributed by atoms with Crippen LogP contribution in [0.25, 0.3) is 0 Å². The minimum atomic E-state index is -0.123. The Labute approximate surface area is 150 Å². The SMILES string of the molecule is CCCCC(CC)COCC(C)(C)COC(=O)C(CC)CCCC. The zero-order valence-corrected chi connectivity index (χ0v) is 17.2. The highest BCUT2D eigenvalue weighted by Gasteiger charge is 2.24. The number of hydrogen-bond acceptors (Lipinski definition) is 3. The van der Waals surface area contributed by atoms with Crippen molar-refractivity contribution in [2.45, 2.75) is 92.9 Å². The molecule has 0 radical (unpaired) electrons. The molecule has 0 spiro atoms. The second-order valence-corrected chi connectivity index (χ2v) is 7.95. The third-order valence-corrected chi connectivity index (χ3v) is 4.73. The molecule has 2 unspecified atom stereocenters. The van der Waals surface area contributed by atoms with Gasteiger partial charge in [0, 0.05) is 12.0 Å². The fraction of sp³-hybridized carbons (Fsp3) is 0.952. The Kier molecular flexibility index (Phi) is 13.4. The van der Waals surface area contributed by atoms with E-state index in [1.807, 2.05) is 0 Å². The molecule has 0 amide bonds. The summed E-state index contributed by atoms with van der Waals surface area (Å²) in [6, 6.07) is 0. The Balaban J connectivity index is 4.12. The van der Waals surface area contributed by atoms with E-state index >= 15 is 0 Å². The van der Waals surface area contributed by atoms with Crippen molar-refractivity contribution in [1.82, 2.24) is 0 Å². The molecule has 0 aromatic heterocycles. The number of ether oxygens (including phenoxy) is 2. The lowest BCUT2D eigenvalue weighted by atomic mass is 9.95. The topological polar surface area (TPSA) is 35.5 Å². The van der Waals surface area contributed by atoms with Gasteiger partial charge in [0.1, 0.15) is 0 Å². The molecule has 24 heavy (non-hydrogen) atoms. The van der Waals surface area contributed by atoms with E-state index in [2.05, 4.69) is 41.5 Å². The zero-order chi connectivity index (χ0) is 18.4. The molecule has 144 valence electrons. The van der Waals surface area contributed by atoms with Gasteiger partial charge in [0.25, 0.3) is 0 Å². The minimum absolute atomic E-state index is 0.0339. The van der Waals surface area contributed by atoms with Crippen molar-refractivity contribution in [2.75, 3.05) is 19.8 Å². The minimum Gasteiger partial charge on any atom is -0.465 e. The third-order valence-electron chi connectivity index (χ3n) is 4.73. The molecule has 0 N–H and O–H groups in total. The van der Waals surface area contributed by atoms with Gasteiger partial charge in [-0.2, -0.15) is 0 Å². The van der Waals surface area contributed by atoms with Crippen LogP contribution >= 0.6 is 0 Å². The molecule has 0 fully saturated rings. The summed E-state index contributed by atoms with van der Waals surface area (Å²) in [7, 11) is 0. The number of rotatable bonds is 15. The molecule has 0 heterocycles. The normalized spacial score (nSPS) is 14.4. The molecule has 0 saturated heterocycles. The maximum absolute atomic E-state index is 12.2. The van der Waals surface area contributed by atoms with Crippen LogP contribution in [0.3, 0.4) is 0 Å². The molecular formula is C21H42O3. The fourth-order valence-electron chi connectivity index (χ4n) is 2.77. The number of hydrogen-bond donors (Lipinski definition) is 0. The molecule has 0 aromatic rings. The van der Waals surface area contributed by atoms with Crippen molar-refractivity contribution in [2.24, 2.45) is 17.3 Å². The second-order valence-electron chi connectivity index (χ2n) is 7.95. The van der Waals surface area contributed by atoms with Crippen molar-refractivity contribution in [3.05, 3.63) is 0 Å². The van der Waals surface area contributed by atoms with E-state index in [-0.39, 0.29) is 17.3 Å². The average Bonchev–Trinajstić information content (AvgIpc) is 2.56. The lowest BCUT2D eigenvalue weighted by Gasteiger charge is -2.26. The van der Waals surface area contributed by atoms with Gasteiger partial charge in [-0.25, -0.2) is 0 Å². The van der Waals surface area contributed by atoms with Crippen LogP contribution < -0.4 is 0 Å². The van der Waals surface area contributed by atoms with E-state index in [0.717, 1.165) is 32.3 Å². The quantitative estimate of drug-likeness (QED) is 0.342. The van der Waals surface area contributed by atoms with Gasteiger partial charge in [-0.05, 0) is 25.2 Å². The summed E-state index contributed by atoms with van der Waals surface area (Å²) in [4.78, 5) is 12.2. The van der Waals surface area contributed by atoms with Gasteiger partial charge in [0.05, 0.1) is 19.1 Å². The lowest BCUT2D eigenvalue weighted by molar-refractivity contribution is -0.153. The predicted molar refractivity (Wildman–Crippen MR) is 102 cm³/mol. The number of carbonyl (C=O) groups excluding carboxylic acids is 1. The van der Waals surface area contributed by atoms with Crippen LogP contribution in [0.15, 0.2) is 0 Å². The van der Waals surface area contributed by atoms with E-state index in [0.29, 0.717) is 19.1 Å². The molecule has 0 saturated carbocycles. The third kappa shape index (κ3) is 11.1. The standard InChI is InChI=1S/C21H42O3/c1-7-11-13-18(9-3)15-23-16-21(5,6)17-24-20(22)19(10-4)14-12-8-2/h18-19H,7-17H2,1-6H3. The summed E-state index contributed by atoms with van der Waals surface area (Å²) in [5, 5.41) is 0. The summed E-state index contributed by atoms with van der Waals surface area (Å²) in [6.07, 6.45) is 8.97. The van der Waals surface area contributed by atoms with Crippen LogP contribution in [-0.2, 0) is 14.3 Å². The van der Waals surface area contributed by atoms with Crippen LogP contribution in [0.1, 0.15) is 92.9 Å². The first-order valence-electron chi connectivity index (χ1n) is 10.1. The van der Waals surface area contributed by atoms with Gasteiger partial charge >= 0.3 is 5.97 Å². The predicted octanol–water partition coefficient (Wildman–Crippen LogP) is 6.01. The summed E-state index contributed by atoms with van der Waals surface area (Å²) in [5.41, 5.74) is -0.123. The van der Waals surface area contributed by atoms with E-state index in [1.165, 1.54) is 25.7 Å². The average molecular weight is 343 g/mol. The zero-order valence-electron chi connectivity index (χ0n) is 17.2. The summed E-state index contributed by atoms with van der Waals surface area (Å²) in [6.45, 7) is 14.8. The van der Waals surface area contributed by atoms with Crippen molar-refractivity contribution in [3.8, 4) is 0 Å². The first-order chi connectivity index (χ1) is 11.4. The van der Waals surface area contributed by atoms with Crippen LogP contribution in [0.4, 0.5) is 0 Å². The highest BCUT2D eigenvalue weighted by Crippen LogP contribution is 2.21. The Morgan fingerprint density at radius 2 is 1.54 bits per heavy atom. The van der Waals surface area contributed by atoms with Crippen LogP contribution in [0.2, 0.25) is 0 Å². The molecule has 0 aromatic carbocycles. The van der Waals surface area contributed by atoms with Gasteiger partial charge in [0.2, 0.25) is 0 Å². The molecular weight excluding hydrogens is 300 g/mol. The Hall–Kier alpha value is -0.570. The smallest absolute Gasteiger partial charge is 0.308 e. The second kappa shape index (κ2) is 13.7. The first-order valence-corrected chi connectivity index (χ1v) is 10.1. The van der Waals surface area contributed by atoms with E-state index in [4.69, 9.17) is 9.47 Å². The number of esters is 1. The molecule has 0 aliphatic rings. The Morgan fingerprint density at radius 3 is 2.08 bits per heavy atom. The molecule has 3 nitrogen and oxygen atoms in total. The molecule has 0 rings (SSSR count). The van der Waals surface area contributed by atoms with E-state index < -0.39 is 0 Å². The summed E-state index contributed by atoms with van der Waals surface area (Å²) < 4.78 is 11.5. The van der Waals surface area contributed by atoms with Gasteiger partial charge in [-0.1, -0.05) is 73.6 Å². The maximum atomic E-state index is 12.2. The highest BCUT2D eigenvalue weighted by atomic mass is 16.5. The van der Waals surface area contributed by atoms with Gasteiger partial charge in [-0.3, -0.25) is 4.79 Å². The van der Waals surface area contributed by atoms with Crippen LogP contribution in [-0.4, -0.2) is 25.8 Å². The van der Waals surface area contributed by atoms with Crippen molar-refractivity contribution in [3.63, 3.8) is 0 Å². The lowest BCUT2D eigenvalue weighted by Crippen LogP contribution is -2.30. The molecule has 0 bridgehead atoms. The van der Waals surface area contributed by atoms with Crippen molar-refractivity contribution >= 4 is 5.97 Å². The highest BCUT2D eigenvalue weighted by molar-refractivity contribution is 5.72. The Bertz CT molecular complexity index is 312. The maximum Gasteiger partial charge on any atom is 0.308 e. The van der Waals surface area contributed by atoms with Crippen LogP contribution in [0, 0.1) is 17.3 Å². The summed E-state index contributed by atoms with van der Waals surface area (Å²) in [5.74, 6) is 0.676. The fourth-order valence-corrected chi connectivity index (χ4v) is 2.77. The monoisotopic (exact) mass is 342 g/mol. The number of unbranched alkanes of at least 4 members (excludes halogenated alkanes) is 2. The van der Waals surface area contributed by atoms with E-state index in [9.17, 15) is 4.79 Å². The van der Waals surface area contributed by atoms with Crippen LogP contribution in [0.5, 0.6) is 0 Å². The van der Waals surface area contributed by atoms with Gasteiger partial charge < -0.3 is 9.47 Å². The van der Waals surface area contributed by atoms with Gasteiger partial charge in [0.15, 0.2) is 0 Å². The molecule has 0 aliphatic heterocycles. The summed E-state index contributed by atoms with van der Waals surface area (Å²) >= 11 is 0. The molecule has 2 atom stereocenters. The number of carbonyl (C=O) groups is 1. The van der Waals surface area contributed by atoms with Gasteiger partial charge in [-0.15, -0.1) is 0 Å². The molecule has 0 aliphatic carbocycles. The first kappa shape index (κ1) is 23.4. The largest absolute Gasteiger partial charge is 0.465 e. The Morgan fingerprint density at radius 1 is 0.917 bits per heavy atom. The van der Waals surface area contributed by atoms with Crippen molar-refractivity contribution < 1.29 is 14.3 Å². The van der Waals surface area contributed by atoms with Crippen molar-refractivity contribution in [1.29, 1.82) is 0 Å². The molecule has 3 heteroatoms. The van der Waals surface area contributed by atoms with E-state index in [1.54, 1.807) is 0 Å².